The van der Waals surface area contributed by atoms with E-state index in [2.05, 4.69) is 32.2 Å². The molecule has 0 atom stereocenters. The highest BCUT2D eigenvalue weighted by molar-refractivity contribution is 6.31. The maximum absolute atomic E-state index is 14.0. The summed E-state index contributed by atoms with van der Waals surface area (Å²) in [5, 5.41) is 12.1. The predicted molar refractivity (Wildman–Crippen MR) is 109 cm³/mol. The highest BCUT2D eigenvalue weighted by Gasteiger charge is 2.21. The van der Waals surface area contributed by atoms with Gasteiger partial charge >= 0.3 is 0 Å². The summed E-state index contributed by atoms with van der Waals surface area (Å²) < 4.78 is 16.0. The van der Waals surface area contributed by atoms with Gasteiger partial charge in [-0.2, -0.15) is 0 Å². The summed E-state index contributed by atoms with van der Waals surface area (Å²) in [5.74, 6) is 2.33. The first-order chi connectivity index (χ1) is 13.5. The number of hydrogen-bond acceptors (Lipinski definition) is 4. The van der Waals surface area contributed by atoms with E-state index in [0.717, 1.165) is 50.3 Å². The van der Waals surface area contributed by atoms with Gasteiger partial charge in [-0.05, 0) is 26.0 Å². The van der Waals surface area contributed by atoms with Crippen molar-refractivity contribution in [1.29, 1.82) is 0 Å². The molecule has 1 aliphatic rings. The van der Waals surface area contributed by atoms with Crippen molar-refractivity contribution in [1.82, 2.24) is 29.9 Å². The molecule has 152 valence electrons. The highest BCUT2D eigenvalue weighted by Crippen LogP contribution is 2.21. The lowest BCUT2D eigenvalue weighted by molar-refractivity contribution is 0.171. The van der Waals surface area contributed by atoms with E-state index in [4.69, 9.17) is 16.6 Å². The molecule has 1 aromatic carbocycles. The number of benzene rings is 1. The molecule has 2 heterocycles. The molecule has 0 bridgehead atoms. The van der Waals surface area contributed by atoms with Gasteiger partial charge in [0.15, 0.2) is 11.8 Å². The zero-order valence-corrected chi connectivity index (χ0v) is 17.4. The van der Waals surface area contributed by atoms with Crippen molar-refractivity contribution in [2.24, 2.45) is 12.0 Å². The van der Waals surface area contributed by atoms with Gasteiger partial charge in [0.05, 0.1) is 0 Å². The van der Waals surface area contributed by atoms with Crippen LogP contribution >= 0.6 is 11.6 Å². The van der Waals surface area contributed by atoms with Crippen molar-refractivity contribution < 1.29 is 4.39 Å². The van der Waals surface area contributed by atoms with Gasteiger partial charge in [-0.25, -0.2) is 9.38 Å². The highest BCUT2D eigenvalue weighted by atomic mass is 35.5. The Labute approximate surface area is 170 Å². The van der Waals surface area contributed by atoms with E-state index in [1.165, 1.54) is 6.07 Å². The van der Waals surface area contributed by atoms with Crippen LogP contribution in [0.3, 0.4) is 0 Å². The molecule has 1 fully saturated rings. The van der Waals surface area contributed by atoms with Crippen LogP contribution in [0.2, 0.25) is 5.02 Å². The number of rotatable bonds is 5. The van der Waals surface area contributed by atoms with Crippen LogP contribution in [0.4, 0.5) is 4.39 Å². The van der Waals surface area contributed by atoms with Crippen LogP contribution in [-0.2, 0) is 20.1 Å². The average Bonchev–Trinajstić information content (AvgIpc) is 3.01. The Morgan fingerprint density at radius 2 is 2.00 bits per heavy atom. The van der Waals surface area contributed by atoms with Crippen molar-refractivity contribution in [3.05, 3.63) is 46.3 Å². The molecule has 28 heavy (non-hydrogen) atoms. The minimum absolute atomic E-state index is 0.246. The minimum atomic E-state index is -0.246. The lowest BCUT2D eigenvalue weighted by Crippen LogP contribution is -2.52. The summed E-state index contributed by atoms with van der Waals surface area (Å²) >= 11 is 6.16. The molecule has 0 spiro atoms. The maximum Gasteiger partial charge on any atom is 0.194 e. The molecule has 0 amide bonds. The Morgan fingerprint density at radius 1 is 1.25 bits per heavy atom. The Morgan fingerprint density at radius 3 is 2.61 bits per heavy atom. The van der Waals surface area contributed by atoms with Gasteiger partial charge in [-0.15, -0.1) is 10.2 Å². The normalized spacial score (nSPS) is 15.9. The van der Waals surface area contributed by atoms with E-state index in [9.17, 15) is 4.39 Å². The van der Waals surface area contributed by atoms with Crippen molar-refractivity contribution in [3.63, 3.8) is 0 Å². The summed E-state index contributed by atoms with van der Waals surface area (Å²) in [6.07, 6.45) is 0. The van der Waals surface area contributed by atoms with E-state index in [0.29, 0.717) is 23.7 Å². The third-order valence-electron chi connectivity index (χ3n) is 5.00. The summed E-state index contributed by atoms with van der Waals surface area (Å²) in [5.41, 5.74) is 0.566. The molecule has 1 saturated heterocycles. The maximum atomic E-state index is 14.0. The van der Waals surface area contributed by atoms with Crippen LogP contribution in [0.25, 0.3) is 0 Å². The fourth-order valence-corrected chi connectivity index (χ4v) is 3.41. The SMILES string of the molecule is CCNC(=NCc1nnc(C)n1C)N1CCN(Cc2c(F)cccc2Cl)CC1. The number of aromatic nitrogens is 3. The van der Waals surface area contributed by atoms with Gasteiger partial charge in [0, 0.05) is 56.9 Å². The molecule has 1 aliphatic heterocycles. The van der Waals surface area contributed by atoms with E-state index in [-0.39, 0.29) is 5.82 Å². The van der Waals surface area contributed by atoms with Crippen molar-refractivity contribution in [3.8, 4) is 0 Å². The first-order valence-corrected chi connectivity index (χ1v) is 9.90. The number of nitrogens with zero attached hydrogens (tertiary/aromatic N) is 6. The van der Waals surface area contributed by atoms with Crippen LogP contribution in [-0.4, -0.2) is 63.2 Å². The van der Waals surface area contributed by atoms with Crippen molar-refractivity contribution in [2.75, 3.05) is 32.7 Å². The number of nitrogens with one attached hydrogen (secondary N) is 1. The Bertz CT molecular complexity index is 807. The van der Waals surface area contributed by atoms with Gasteiger partial charge in [-0.1, -0.05) is 17.7 Å². The summed E-state index contributed by atoms with van der Waals surface area (Å²) in [6, 6.07) is 4.83. The Kier molecular flexibility index (Phi) is 6.85. The van der Waals surface area contributed by atoms with Crippen molar-refractivity contribution in [2.45, 2.75) is 26.9 Å². The average molecular weight is 408 g/mol. The molecule has 1 aromatic heterocycles. The Balaban J connectivity index is 1.61. The molecule has 0 unspecified atom stereocenters. The number of aliphatic imine (C=N–C) groups is 1. The van der Waals surface area contributed by atoms with Crippen LogP contribution in [0.15, 0.2) is 23.2 Å². The topological polar surface area (TPSA) is 61.6 Å². The van der Waals surface area contributed by atoms with Gasteiger partial charge in [0.25, 0.3) is 0 Å². The number of aryl methyl sites for hydroxylation is 1. The smallest absolute Gasteiger partial charge is 0.194 e. The van der Waals surface area contributed by atoms with Crippen LogP contribution in [0.1, 0.15) is 24.1 Å². The van der Waals surface area contributed by atoms with Crippen LogP contribution in [0, 0.1) is 12.7 Å². The van der Waals surface area contributed by atoms with Crippen LogP contribution < -0.4 is 5.32 Å². The van der Waals surface area contributed by atoms with E-state index >= 15 is 0 Å². The molecule has 0 saturated carbocycles. The summed E-state index contributed by atoms with van der Waals surface area (Å²) in [6.45, 7) is 9.03. The predicted octanol–water partition coefficient (Wildman–Crippen LogP) is 2.20. The monoisotopic (exact) mass is 407 g/mol. The third-order valence-corrected chi connectivity index (χ3v) is 5.36. The number of halogens is 2. The van der Waals surface area contributed by atoms with E-state index in [1.807, 2.05) is 18.5 Å². The number of guanidine groups is 1. The molecular formula is C19H27ClFN7. The second-order valence-corrected chi connectivity index (χ2v) is 7.26. The second-order valence-electron chi connectivity index (χ2n) is 6.86. The number of hydrogen-bond donors (Lipinski definition) is 1. The molecule has 3 rings (SSSR count). The minimum Gasteiger partial charge on any atom is -0.357 e. The molecule has 9 heteroatoms. The molecule has 2 aromatic rings. The standard InChI is InChI=1S/C19H27ClFN7/c1-4-22-19(23-12-18-25-24-14(2)26(18)3)28-10-8-27(9-11-28)13-15-16(20)6-5-7-17(15)21/h5-7H,4,8-13H2,1-3H3,(H,22,23). The molecule has 7 nitrogen and oxygen atoms in total. The molecular weight excluding hydrogens is 381 g/mol. The fourth-order valence-electron chi connectivity index (χ4n) is 3.18. The first kappa shape index (κ1) is 20.5. The first-order valence-electron chi connectivity index (χ1n) is 9.53. The fraction of sp³-hybridized carbons (Fsp3) is 0.526. The summed E-state index contributed by atoms with van der Waals surface area (Å²) in [7, 11) is 1.94. The van der Waals surface area contributed by atoms with Crippen molar-refractivity contribution >= 4 is 17.6 Å². The molecule has 0 aliphatic carbocycles. The molecule has 1 N–H and O–H groups in total. The zero-order valence-electron chi connectivity index (χ0n) is 16.6. The van der Waals surface area contributed by atoms with Crippen LogP contribution in [0.5, 0.6) is 0 Å². The van der Waals surface area contributed by atoms with Gasteiger partial charge in [-0.3, -0.25) is 4.90 Å². The molecule has 0 radical (unpaired) electrons. The van der Waals surface area contributed by atoms with E-state index in [1.54, 1.807) is 12.1 Å². The zero-order chi connectivity index (χ0) is 20.1. The summed E-state index contributed by atoms with van der Waals surface area (Å²) in [4.78, 5) is 9.17. The Hall–Kier alpha value is -2.19. The van der Waals surface area contributed by atoms with E-state index < -0.39 is 0 Å². The largest absolute Gasteiger partial charge is 0.357 e. The lowest BCUT2D eigenvalue weighted by atomic mass is 10.2. The third kappa shape index (κ3) is 4.80. The quantitative estimate of drug-likeness (QED) is 0.608. The van der Waals surface area contributed by atoms with Gasteiger partial charge < -0.3 is 14.8 Å². The number of piperazine rings is 1. The second kappa shape index (κ2) is 9.34. The van der Waals surface area contributed by atoms with Gasteiger partial charge in [0.1, 0.15) is 18.2 Å². The van der Waals surface area contributed by atoms with Gasteiger partial charge in [0.2, 0.25) is 0 Å². The lowest BCUT2D eigenvalue weighted by Gasteiger charge is -2.36.